The van der Waals surface area contributed by atoms with Gasteiger partial charge in [-0.25, -0.2) is 0 Å². The number of halogens is 1. The number of benzene rings is 1. The Morgan fingerprint density at radius 1 is 1.26 bits per heavy atom. The first-order valence-electron chi connectivity index (χ1n) is 6.29. The van der Waals surface area contributed by atoms with Crippen LogP contribution in [0.1, 0.15) is 23.2 Å². The first-order valence-corrected chi connectivity index (χ1v) is 6.83. The predicted molar refractivity (Wildman–Crippen MR) is 74.3 cm³/mol. The number of hydrogen-bond donors (Lipinski definition) is 0. The highest BCUT2D eigenvalue weighted by atomic mass is 35.5. The number of alkyl halides is 1. The zero-order valence-electron chi connectivity index (χ0n) is 11.2. The topological polar surface area (TPSA) is 38.8 Å². The van der Waals surface area contributed by atoms with Gasteiger partial charge in [0.05, 0.1) is 14.2 Å². The fraction of sp³-hybridized carbons (Fsp3) is 0.500. The third-order valence-electron chi connectivity index (χ3n) is 3.17. The number of rotatable bonds is 6. The summed E-state index contributed by atoms with van der Waals surface area (Å²) in [4.78, 5) is 14.3. The average Bonchev–Trinajstić information content (AvgIpc) is 3.27. The lowest BCUT2D eigenvalue weighted by atomic mass is 10.1. The minimum Gasteiger partial charge on any atom is -0.497 e. The van der Waals surface area contributed by atoms with Crippen LogP contribution < -0.4 is 9.47 Å². The highest BCUT2D eigenvalue weighted by Crippen LogP contribution is 2.30. The highest BCUT2D eigenvalue weighted by molar-refractivity contribution is 6.18. The zero-order valence-corrected chi connectivity index (χ0v) is 11.9. The molecule has 4 nitrogen and oxygen atoms in total. The molecule has 104 valence electrons. The van der Waals surface area contributed by atoms with Crippen LogP contribution in [-0.4, -0.2) is 43.5 Å². The minimum absolute atomic E-state index is 0.0136. The molecule has 0 unspecified atom stereocenters. The van der Waals surface area contributed by atoms with Crippen molar-refractivity contribution < 1.29 is 14.3 Å². The molecule has 0 bridgehead atoms. The molecule has 1 amide bonds. The number of hydrogen-bond acceptors (Lipinski definition) is 3. The number of carbonyl (C=O) groups is 1. The average molecular weight is 284 g/mol. The van der Waals surface area contributed by atoms with Crippen LogP contribution in [0, 0.1) is 0 Å². The van der Waals surface area contributed by atoms with Gasteiger partial charge in [-0.2, -0.15) is 0 Å². The maximum absolute atomic E-state index is 12.5. The summed E-state index contributed by atoms with van der Waals surface area (Å²) >= 11 is 5.77. The van der Waals surface area contributed by atoms with E-state index in [0.717, 1.165) is 12.8 Å². The molecule has 0 heterocycles. The van der Waals surface area contributed by atoms with Crippen LogP contribution in [-0.2, 0) is 0 Å². The van der Waals surface area contributed by atoms with Crippen LogP contribution >= 0.6 is 11.6 Å². The zero-order chi connectivity index (χ0) is 13.8. The molecular formula is C14H18ClNO3. The molecule has 5 heteroatoms. The molecule has 1 saturated carbocycles. The van der Waals surface area contributed by atoms with Crippen LogP contribution in [0.3, 0.4) is 0 Å². The number of amides is 1. The highest BCUT2D eigenvalue weighted by Gasteiger charge is 2.32. The molecule has 1 aromatic rings. The Morgan fingerprint density at radius 2 is 1.84 bits per heavy atom. The van der Waals surface area contributed by atoms with Gasteiger partial charge in [0.2, 0.25) is 0 Å². The van der Waals surface area contributed by atoms with Crippen molar-refractivity contribution in [2.24, 2.45) is 0 Å². The molecule has 0 saturated heterocycles. The van der Waals surface area contributed by atoms with E-state index in [0.29, 0.717) is 35.5 Å². The lowest BCUT2D eigenvalue weighted by molar-refractivity contribution is 0.0753. The van der Waals surface area contributed by atoms with E-state index in [1.807, 2.05) is 4.90 Å². The van der Waals surface area contributed by atoms with Gasteiger partial charge in [-0.15, -0.1) is 11.6 Å². The number of carbonyl (C=O) groups excluding carboxylic acids is 1. The molecule has 1 aliphatic rings. The Balaban J connectivity index is 2.25. The van der Waals surface area contributed by atoms with Gasteiger partial charge >= 0.3 is 0 Å². The van der Waals surface area contributed by atoms with Crippen molar-refractivity contribution in [3.8, 4) is 11.5 Å². The maximum atomic E-state index is 12.5. The number of ether oxygens (including phenoxy) is 2. The summed E-state index contributed by atoms with van der Waals surface area (Å²) in [6, 6.07) is 5.55. The monoisotopic (exact) mass is 283 g/mol. The van der Waals surface area contributed by atoms with Gasteiger partial charge < -0.3 is 14.4 Å². The standard InChI is InChI=1S/C14H18ClNO3/c1-18-12-7-10(8-13(9-12)19-2)14(17)16(6-5-15)11-3-4-11/h7-9,11H,3-6H2,1-2H3. The normalized spacial score (nSPS) is 14.1. The van der Waals surface area contributed by atoms with E-state index in [2.05, 4.69) is 0 Å². The minimum atomic E-state index is -0.0136. The van der Waals surface area contributed by atoms with Gasteiger partial charge in [-0.3, -0.25) is 4.79 Å². The van der Waals surface area contributed by atoms with Gasteiger partial charge in [0.1, 0.15) is 11.5 Å². The van der Waals surface area contributed by atoms with E-state index < -0.39 is 0 Å². The van der Waals surface area contributed by atoms with Crippen molar-refractivity contribution in [2.75, 3.05) is 26.6 Å². The predicted octanol–water partition coefficient (Wildman–Crippen LogP) is 2.55. The molecule has 0 spiro atoms. The van der Waals surface area contributed by atoms with Gasteiger partial charge in [-0.05, 0) is 25.0 Å². The largest absolute Gasteiger partial charge is 0.497 e. The SMILES string of the molecule is COc1cc(OC)cc(C(=O)N(CCCl)C2CC2)c1. The second-order valence-corrected chi connectivity index (χ2v) is 4.90. The van der Waals surface area contributed by atoms with Crippen molar-refractivity contribution >= 4 is 17.5 Å². The second kappa shape index (κ2) is 6.15. The Kier molecular flexibility index (Phi) is 4.53. The molecule has 1 fully saturated rings. The molecule has 0 radical (unpaired) electrons. The Bertz CT molecular complexity index is 438. The maximum Gasteiger partial charge on any atom is 0.254 e. The molecule has 0 N–H and O–H groups in total. The van der Waals surface area contributed by atoms with E-state index in [1.54, 1.807) is 32.4 Å². The van der Waals surface area contributed by atoms with Crippen molar-refractivity contribution in [1.82, 2.24) is 4.90 Å². The molecule has 0 aromatic heterocycles. The summed E-state index contributed by atoms with van der Waals surface area (Å²) in [5, 5.41) is 0. The Morgan fingerprint density at radius 3 is 2.26 bits per heavy atom. The molecule has 0 aliphatic heterocycles. The van der Waals surface area contributed by atoms with Gasteiger partial charge in [0.25, 0.3) is 5.91 Å². The summed E-state index contributed by atoms with van der Waals surface area (Å²) in [5.74, 6) is 1.66. The third-order valence-corrected chi connectivity index (χ3v) is 3.34. The fourth-order valence-electron chi connectivity index (χ4n) is 2.02. The van der Waals surface area contributed by atoms with Crippen molar-refractivity contribution in [1.29, 1.82) is 0 Å². The quantitative estimate of drug-likeness (QED) is 0.753. The number of nitrogens with zero attached hydrogens (tertiary/aromatic N) is 1. The summed E-state index contributed by atoms with van der Waals surface area (Å²) < 4.78 is 10.4. The van der Waals surface area contributed by atoms with E-state index >= 15 is 0 Å². The smallest absolute Gasteiger partial charge is 0.254 e. The van der Waals surface area contributed by atoms with Gasteiger partial charge in [-0.1, -0.05) is 0 Å². The summed E-state index contributed by atoms with van der Waals surface area (Å²) in [7, 11) is 3.14. The molecule has 19 heavy (non-hydrogen) atoms. The van der Waals surface area contributed by atoms with Crippen molar-refractivity contribution in [2.45, 2.75) is 18.9 Å². The first-order chi connectivity index (χ1) is 9.19. The second-order valence-electron chi connectivity index (χ2n) is 4.52. The van der Waals surface area contributed by atoms with Gasteiger partial charge in [0.15, 0.2) is 0 Å². The van der Waals surface area contributed by atoms with Crippen molar-refractivity contribution in [3.63, 3.8) is 0 Å². The van der Waals surface area contributed by atoms with Crippen LogP contribution in [0.5, 0.6) is 11.5 Å². The Labute approximate surface area is 118 Å². The van der Waals surface area contributed by atoms with E-state index in [9.17, 15) is 4.79 Å². The van der Waals surface area contributed by atoms with Gasteiger partial charge in [0, 0.05) is 30.1 Å². The summed E-state index contributed by atoms with van der Waals surface area (Å²) in [5.41, 5.74) is 0.577. The van der Waals surface area contributed by atoms with Crippen LogP contribution in [0.25, 0.3) is 0 Å². The first kappa shape index (κ1) is 14.0. The van der Waals surface area contributed by atoms with Crippen LogP contribution in [0.4, 0.5) is 0 Å². The Hall–Kier alpha value is -1.42. The van der Waals surface area contributed by atoms with E-state index in [1.165, 1.54) is 0 Å². The molecule has 0 atom stereocenters. The number of methoxy groups -OCH3 is 2. The van der Waals surface area contributed by atoms with E-state index in [-0.39, 0.29) is 5.91 Å². The summed E-state index contributed by atoms with van der Waals surface area (Å²) in [6.07, 6.45) is 2.12. The molecule has 1 aromatic carbocycles. The molecular weight excluding hydrogens is 266 g/mol. The molecule has 1 aliphatic carbocycles. The lowest BCUT2D eigenvalue weighted by Crippen LogP contribution is -2.34. The van der Waals surface area contributed by atoms with Crippen molar-refractivity contribution in [3.05, 3.63) is 23.8 Å². The summed E-state index contributed by atoms with van der Waals surface area (Å²) in [6.45, 7) is 0.574. The lowest BCUT2D eigenvalue weighted by Gasteiger charge is -2.21. The fourth-order valence-corrected chi connectivity index (χ4v) is 2.21. The van der Waals surface area contributed by atoms with Crippen LogP contribution in [0.2, 0.25) is 0 Å². The van der Waals surface area contributed by atoms with Crippen LogP contribution in [0.15, 0.2) is 18.2 Å². The molecule has 2 rings (SSSR count). The van der Waals surface area contributed by atoms with E-state index in [4.69, 9.17) is 21.1 Å². The third kappa shape index (κ3) is 3.32.